The molecule has 1 spiro atoms. The van der Waals surface area contributed by atoms with Crippen LogP contribution in [0.1, 0.15) is 52.0 Å². The van der Waals surface area contributed by atoms with E-state index in [-0.39, 0.29) is 18.1 Å². The summed E-state index contributed by atoms with van der Waals surface area (Å²) in [5.41, 5.74) is 3.49. The molecule has 2 aromatic carbocycles. The van der Waals surface area contributed by atoms with Crippen molar-refractivity contribution in [2.45, 2.75) is 37.6 Å². The number of hydrogen-bond acceptors (Lipinski definition) is 6. The van der Waals surface area contributed by atoms with Crippen LogP contribution in [0.15, 0.2) is 54.6 Å². The van der Waals surface area contributed by atoms with Crippen molar-refractivity contribution in [2.24, 2.45) is 0 Å². The lowest BCUT2D eigenvalue weighted by Crippen LogP contribution is -2.68. The number of rotatable bonds is 5. The van der Waals surface area contributed by atoms with E-state index in [1.54, 1.807) is 41.3 Å². The number of hydrogen-bond donors (Lipinski definition) is 1. The molecule has 3 aliphatic rings. The number of nitrogens with zero attached hydrogens (tertiary/aromatic N) is 1. The fourth-order valence-corrected chi connectivity index (χ4v) is 4.48. The summed E-state index contributed by atoms with van der Waals surface area (Å²) in [5, 5.41) is 0. The summed E-state index contributed by atoms with van der Waals surface area (Å²) in [7, 11) is 0. The van der Waals surface area contributed by atoms with Gasteiger partial charge >= 0.3 is 0 Å². The highest BCUT2D eigenvalue weighted by Gasteiger charge is 2.51. The standard InChI is InChI=1S/C26H26N2O6/c29-21-15-26(16-28(17-26)25(31)19-6-2-1-3-7-19)33-22-11-9-18(14-20(21)22)10-12-23(30)27-34-24-8-4-5-13-32-24/h1-3,6-7,9-12,14,24H,4-5,8,13,15-17H2,(H,27,30). The Kier molecular flexibility index (Phi) is 6.17. The van der Waals surface area contributed by atoms with Crippen LogP contribution < -0.4 is 10.2 Å². The van der Waals surface area contributed by atoms with Gasteiger partial charge in [0.25, 0.3) is 11.8 Å². The molecule has 0 saturated carbocycles. The third-order valence-electron chi connectivity index (χ3n) is 6.24. The summed E-state index contributed by atoms with van der Waals surface area (Å²) in [4.78, 5) is 44.5. The first-order chi connectivity index (χ1) is 16.5. The van der Waals surface area contributed by atoms with Crippen LogP contribution in [-0.4, -0.2) is 54.1 Å². The summed E-state index contributed by atoms with van der Waals surface area (Å²) >= 11 is 0. The number of carbonyl (C=O) groups excluding carboxylic acids is 3. The number of likely N-dealkylation sites (tertiary alicyclic amines) is 1. The number of Topliss-reactive ketones (excluding diaryl/α,β-unsaturated/α-hetero) is 1. The van der Waals surface area contributed by atoms with Crippen molar-refractivity contribution in [3.8, 4) is 5.75 Å². The van der Waals surface area contributed by atoms with Crippen molar-refractivity contribution in [1.29, 1.82) is 0 Å². The van der Waals surface area contributed by atoms with Gasteiger partial charge in [0.2, 0.25) is 0 Å². The zero-order chi connectivity index (χ0) is 23.5. The highest BCUT2D eigenvalue weighted by Crippen LogP contribution is 2.39. The van der Waals surface area contributed by atoms with E-state index in [4.69, 9.17) is 14.3 Å². The number of carbonyl (C=O) groups is 3. The molecule has 0 radical (unpaired) electrons. The van der Waals surface area contributed by atoms with E-state index < -0.39 is 17.8 Å². The van der Waals surface area contributed by atoms with Gasteiger partial charge in [0.15, 0.2) is 17.7 Å². The Morgan fingerprint density at radius 1 is 1.12 bits per heavy atom. The minimum Gasteiger partial charge on any atom is -0.482 e. The van der Waals surface area contributed by atoms with Crippen molar-refractivity contribution in [1.82, 2.24) is 10.4 Å². The first kappa shape index (κ1) is 22.3. The summed E-state index contributed by atoms with van der Waals surface area (Å²) in [6, 6.07) is 14.3. The average molecular weight is 463 g/mol. The molecule has 2 amide bonds. The maximum atomic E-state index is 12.9. The Labute approximate surface area is 197 Å². The van der Waals surface area contributed by atoms with E-state index in [0.717, 1.165) is 19.3 Å². The molecular formula is C26H26N2O6. The van der Waals surface area contributed by atoms with Crippen LogP contribution in [0.3, 0.4) is 0 Å². The molecule has 2 fully saturated rings. The quantitative estimate of drug-likeness (QED) is 0.542. The smallest absolute Gasteiger partial charge is 0.267 e. The predicted octanol–water partition coefficient (Wildman–Crippen LogP) is 3.13. The molecule has 3 aliphatic heterocycles. The van der Waals surface area contributed by atoms with E-state index in [1.807, 2.05) is 18.2 Å². The Morgan fingerprint density at radius 2 is 1.94 bits per heavy atom. The monoisotopic (exact) mass is 462 g/mol. The maximum absolute atomic E-state index is 12.9. The summed E-state index contributed by atoms with van der Waals surface area (Å²) in [6.07, 6.45) is 5.51. The van der Waals surface area contributed by atoms with Crippen LogP contribution >= 0.6 is 0 Å². The van der Waals surface area contributed by atoms with E-state index >= 15 is 0 Å². The number of benzene rings is 2. The number of hydroxylamine groups is 1. The second-order valence-electron chi connectivity index (χ2n) is 8.88. The molecule has 5 rings (SSSR count). The Hall–Kier alpha value is -3.49. The van der Waals surface area contributed by atoms with Gasteiger partial charge < -0.3 is 14.4 Å². The number of amides is 2. The molecular weight excluding hydrogens is 436 g/mol. The van der Waals surface area contributed by atoms with E-state index in [1.165, 1.54) is 6.08 Å². The second-order valence-corrected chi connectivity index (χ2v) is 8.88. The molecule has 2 aromatic rings. The van der Waals surface area contributed by atoms with Crippen molar-refractivity contribution in [2.75, 3.05) is 19.7 Å². The molecule has 1 N–H and O–H groups in total. The van der Waals surface area contributed by atoms with Crippen LogP contribution in [0.4, 0.5) is 0 Å². The third kappa shape index (κ3) is 4.73. The Balaban J connectivity index is 1.18. The van der Waals surface area contributed by atoms with Crippen LogP contribution in [0.25, 0.3) is 6.08 Å². The van der Waals surface area contributed by atoms with Crippen LogP contribution in [0, 0.1) is 0 Å². The minimum absolute atomic E-state index is 0.0365. The van der Waals surface area contributed by atoms with Crippen molar-refractivity contribution < 1.29 is 28.7 Å². The molecule has 0 bridgehead atoms. The molecule has 8 heteroatoms. The number of nitrogens with one attached hydrogen (secondary N) is 1. The van der Waals surface area contributed by atoms with Gasteiger partial charge in [0, 0.05) is 24.7 Å². The summed E-state index contributed by atoms with van der Waals surface area (Å²) in [6.45, 7) is 1.38. The van der Waals surface area contributed by atoms with Gasteiger partial charge in [-0.05, 0) is 48.7 Å². The lowest BCUT2D eigenvalue weighted by Gasteiger charge is -2.51. The molecule has 2 saturated heterocycles. The normalized spacial score (nSPS) is 21.0. The summed E-state index contributed by atoms with van der Waals surface area (Å²) in [5.74, 6) is -0.00934. The largest absolute Gasteiger partial charge is 0.482 e. The highest BCUT2D eigenvalue weighted by atomic mass is 16.8. The van der Waals surface area contributed by atoms with Gasteiger partial charge in [0.1, 0.15) is 5.75 Å². The zero-order valence-electron chi connectivity index (χ0n) is 18.7. The van der Waals surface area contributed by atoms with Gasteiger partial charge in [-0.25, -0.2) is 10.3 Å². The van der Waals surface area contributed by atoms with Gasteiger partial charge in [-0.3, -0.25) is 14.4 Å². The third-order valence-corrected chi connectivity index (χ3v) is 6.24. The van der Waals surface area contributed by atoms with E-state index in [9.17, 15) is 14.4 Å². The molecule has 1 unspecified atom stereocenters. The lowest BCUT2D eigenvalue weighted by atomic mass is 9.83. The first-order valence-corrected chi connectivity index (χ1v) is 11.5. The van der Waals surface area contributed by atoms with E-state index in [0.29, 0.717) is 42.1 Å². The van der Waals surface area contributed by atoms with Gasteiger partial charge in [-0.1, -0.05) is 24.3 Å². The molecule has 1 atom stereocenters. The SMILES string of the molecule is O=C(C=Cc1ccc2c(c1)C(=O)CC1(CN(C(=O)c3ccccc3)C1)O2)NOC1CCCCO1. The zero-order valence-corrected chi connectivity index (χ0v) is 18.7. The minimum atomic E-state index is -0.676. The maximum Gasteiger partial charge on any atom is 0.267 e. The molecule has 34 heavy (non-hydrogen) atoms. The predicted molar refractivity (Wildman–Crippen MR) is 123 cm³/mol. The molecule has 0 aromatic heterocycles. The Bertz CT molecular complexity index is 1120. The molecule has 3 heterocycles. The topological polar surface area (TPSA) is 94.2 Å². The van der Waals surface area contributed by atoms with Crippen molar-refractivity contribution in [3.05, 3.63) is 71.3 Å². The van der Waals surface area contributed by atoms with E-state index in [2.05, 4.69) is 5.48 Å². The fraction of sp³-hybridized carbons (Fsp3) is 0.346. The van der Waals surface area contributed by atoms with Crippen LogP contribution in [0.2, 0.25) is 0 Å². The number of ether oxygens (including phenoxy) is 2. The Morgan fingerprint density at radius 3 is 2.71 bits per heavy atom. The second kappa shape index (κ2) is 9.40. The number of fused-ring (bicyclic) bond motifs is 1. The summed E-state index contributed by atoms with van der Waals surface area (Å²) < 4.78 is 11.6. The average Bonchev–Trinajstić information content (AvgIpc) is 2.85. The molecule has 8 nitrogen and oxygen atoms in total. The molecule has 0 aliphatic carbocycles. The van der Waals surface area contributed by atoms with Gasteiger partial charge in [-0.2, -0.15) is 0 Å². The lowest BCUT2D eigenvalue weighted by molar-refractivity contribution is -0.198. The molecule has 176 valence electrons. The van der Waals surface area contributed by atoms with Crippen molar-refractivity contribution in [3.63, 3.8) is 0 Å². The van der Waals surface area contributed by atoms with Gasteiger partial charge in [0.05, 0.1) is 25.1 Å². The number of ketones is 1. The fourth-order valence-electron chi connectivity index (χ4n) is 4.48. The highest BCUT2D eigenvalue weighted by molar-refractivity contribution is 6.02. The first-order valence-electron chi connectivity index (χ1n) is 11.5. The van der Waals surface area contributed by atoms with Crippen LogP contribution in [-0.2, 0) is 14.4 Å². The van der Waals surface area contributed by atoms with Gasteiger partial charge in [-0.15, -0.1) is 0 Å². The van der Waals surface area contributed by atoms with Crippen LogP contribution in [0.5, 0.6) is 5.75 Å². The van der Waals surface area contributed by atoms with Crippen molar-refractivity contribution >= 4 is 23.7 Å².